The number of hydrogen-bond acceptors (Lipinski definition) is 3. The van der Waals surface area contributed by atoms with Gasteiger partial charge in [-0.15, -0.1) is 0 Å². The minimum atomic E-state index is -3.60. The second-order valence-corrected chi connectivity index (χ2v) is 6.51. The fourth-order valence-corrected chi connectivity index (χ4v) is 2.57. The Labute approximate surface area is 88.6 Å². The summed E-state index contributed by atoms with van der Waals surface area (Å²) in [6.45, 7) is 4.10. The standard InChI is InChI=1S/C8H14ClNO3S/c1-3-6(2)10-5-7(4-8(10)11)14(9,12)13/h6-7H,3-5H2,1-2H3. The Morgan fingerprint density at radius 1 is 1.64 bits per heavy atom. The van der Waals surface area contributed by atoms with Gasteiger partial charge in [0, 0.05) is 29.7 Å². The van der Waals surface area contributed by atoms with Crippen LogP contribution in [0, 0.1) is 0 Å². The van der Waals surface area contributed by atoms with Crippen molar-refractivity contribution >= 4 is 25.6 Å². The molecule has 82 valence electrons. The Balaban J connectivity index is 2.75. The van der Waals surface area contributed by atoms with E-state index in [4.69, 9.17) is 10.7 Å². The van der Waals surface area contributed by atoms with Gasteiger partial charge in [0.15, 0.2) is 0 Å². The van der Waals surface area contributed by atoms with Crippen LogP contribution in [0.2, 0.25) is 0 Å². The number of halogens is 1. The van der Waals surface area contributed by atoms with Gasteiger partial charge in [-0.1, -0.05) is 6.92 Å². The molecule has 1 aliphatic heterocycles. The fraction of sp³-hybridized carbons (Fsp3) is 0.875. The van der Waals surface area contributed by atoms with Crippen molar-refractivity contribution in [3.8, 4) is 0 Å². The van der Waals surface area contributed by atoms with Crippen molar-refractivity contribution in [3.63, 3.8) is 0 Å². The molecule has 0 aliphatic carbocycles. The average molecular weight is 240 g/mol. The van der Waals surface area contributed by atoms with Gasteiger partial charge in [-0.05, 0) is 13.3 Å². The van der Waals surface area contributed by atoms with Gasteiger partial charge in [0.25, 0.3) is 0 Å². The van der Waals surface area contributed by atoms with Crippen molar-refractivity contribution in [2.45, 2.75) is 38.0 Å². The van der Waals surface area contributed by atoms with Crippen LogP contribution in [0.15, 0.2) is 0 Å². The van der Waals surface area contributed by atoms with Crippen LogP contribution >= 0.6 is 10.7 Å². The molecule has 2 unspecified atom stereocenters. The van der Waals surface area contributed by atoms with Gasteiger partial charge >= 0.3 is 0 Å². The number of carbonyl (C=O) groups is 1. The second kappa shape index (κ2) is 4.06. The lowest BCUT2D eigenvalue weighted by Gasteiger charge is -2.22. The molecule has 0 aromatic rings. The lowest BCUT2D eigenvalue weighted by molar-refractivity contribution is -0.129. The summed E-state index contributed by atoms with van der Waals surface area (Å²) >= 11 is 0. The van der Waals surface area contributed by atoms with Gasteiger partial charge in [0.1, 0.15) is 5.25 Å². The molecule has 0 saturated carbocycles. The molecule has 0 bridgehead atoms. The minimum Gasteiger partial charge on any atom is -0.339 e. The van der Waals surface area contributed by atoms with E-state index < -0.39 is 14.3 Å². The Morgan fingerprint density at radius 2 is 2.21 bits per heavy atom. The molecule has 1 aliphatic rings. The zero-order valence-corrected chi connectivity index (χ0v) is 9.81. The van der Waals surface area contributed by atoms with E-state index in [1.54, 1.807) is 4.90 Å². The molecule has 14 heavy (non-hydrogen) atoms. The molecule has 6 heteroatoms. The molecule has 1 fully saturated rings. The highest BCUT2D eigenvalue weighted by Gasteiger charge is 2.38. The number of likely N-dealkylation sites (tertiary alicyclic amines) is 1. The summed E-state index contributed by atoms with van der Waals surface area (Å²) in [5, 5.41) is -0.731. The highest BCUT2D eigenvalue weighted by molar-refractivity contribution is 8.14. The monoisotopic (exact) mass is 239 g/mol. The maximum atomic E-state index is 11.4. The molecule has 1 saturated heterocycles. The van der Waals surface area contributed by atoms with Crippen LogP contribution in [0.1, 0.15) is 26.7 Å². The van der Waals surface area contributed by atoms with Crippen molar-refractivity contribution in [1.82, 2.24) is 4.90 Å². The summed E-state index contributed by atoms with van der Waals surface area (Å²) in [6.07, 6.45) is 0.844. The highest BCUT2D eigenvalue weighted by Crippen LogP contribution is 2.23. The summed E-state index contributed by atoms with van der Waals surface area (Å²) in [4.78, 5) is 13.0. The number of rotatable bonds is 3. The lowest BCUT2D eigenvalue weighted by Crippen LogP contribution is -2.34. The average Bonchev–Trinajstić information content (AvgIpc) is 2.45. The molecule has 0 aromatic carbocycles. The quantitative estimate of drug-likeness (QED) is 0.690. The summed E-state index contributed by atoms with van der Waals surface area (Å²) < 4.78 is 22.0. The number of nitrogens with zero attached hydrogens (tertiary/aromatic N) is 1. The van der Waals surface area contributed by atoms with Crippen LogP contribution in [0.25, 0.3) is 0 Å². The molecule has 1 rings (SSSR count). The normalized spacial score (nSPS) is 25.5. The second-order valence-electron chi connectivity index (χ2n) is 3.61. The van der Waals surface area contributed by atoms with Crippen molar-refractivity contribution in [2.24, 2.45) is 0 Å². The van der Waals surface area contributed by atoms with Crippen molar-refractivity contribution in [2.75, 3.05) is 6.54 Å². The van der Waals surface area contributed by atoms with Gasteiger partial charge in [-0.3, -0.25) is 4.79 Å². The fourth-order valence-electron chi connectivity index (χ4n) is 1.53. The maximum absolute atomic E-state index is 11.4. The Morgan fingerprint density at radius 3 is 2.57 bits per heavy atom. The summed E-state index contributed by atoms with van der Waals surface area (Å²) in [7, 11) is 1.61. The predicted molar refractivity (Wildman–Crippen MR) is 54.6 cm³/mol. The Bertz CT molecular complexity index is 327. The molecule has 2 atom stereocenters. The summed E-state index contributed by atoms with van der Waals surface area (Å²) in [5.41, 5.74) is 0. The van der Waals surface area contributed by atoms with E-state index in [1.165, 1.54) is 0 Å². The topological polar surface area (TPSA) is 54.5 Å². The molecule has 4 nitrogen and oxygen atoms in total. The molecule has 0 aromatic heterocycles. The third-order valence-electron chi connectivity index (χ3n) is 2.64. The van der Waals surface area contributed by atoms with E-state index in [2.05, 4.69) is 0 Å². The molecule has 0 N–H and O–H groups in total. The minimum absolute atomic E-state index is 0.0240. The number of hydrogen-bond donors (Lipinski definition) is 0. The molecule has 1 amide bonds. The number of amides is 1. The van der Waals surface area contributed by atoms with Gasteiger partial charge in [-0.25, -0.2) is 8.42 Å². The zero-order valence-electron chi connectivity index (χ0n) is 8.23. The molecule has 0 radical (unpaired) electrons. The van der Waals surface area contributed by atoms with E-state index in [0.717, 1.165) is 6.42 Å². The van der Waals surface area contributed by atoms with Crippen LogP contribution in [-0.4, -0.2) is 37.1 Å². The smallest absolute Gasteiger partial charge is 0.237 e. The lowest BCUT2D eigenvalue weighted by atomic mass is 10.2. The van der Waals surface area contributed by atoms with Crippen LogP contribution in [0.4, 0.5) is 0 Å². The largest absolute Gasteiger partial charge is 0.339 e. The van der Waals surface area contributed by atoms with Crippen molar-refractivity contribution in [3.05, 3.63) is 0 Å². The molecular weight excluding hydrogens is 226 g/mol. The number of carbonyl (C=O) groups excluding carboxylic acids is 1. The maximum Gasteiger partial charge on any atom is 0.237 e. The SMILES string of the molecule is CCC(C)N1CC(S(=O)(=O)Cl)CC1=O. The van der Waals surface area contributed by atoms with Crippen LogP contribution in [-0.2, 0) is 13.8 Å². The Hall–Kier alpha value is -0.290. The van der Waals surface area contributed by atoms with E-state index in [-0.39, 0.29) is 24.9 Å². The first kappa shape index (κ1) is 11.8. The summed E-state index contributed by atoms with van der Waals surface area (Å²) in [6, 6.07) is 0.0888. The third-order valence-corrected chi connectivity index (χ3v) is 4.51. The van der Waals surface area contributed by atoms with E-state index >= 15 is 0 Å². The van der Waals surface area contributed by atoms with Gasteiger partial charge < -0.3 is 4.90 Å². The predicted octanol–water partition coefficient (Wildman–Crippen LogP) is 0.954. The van der Waals surface area contributed by atoms with Crippen molar-refractivity contribution < 1.29 is 13.2 Å². The third kappa shape index (κ3) is 2.39. The van der Waals surface area contributed by atoms with Crippen LogP contribution < -0.4 is 0 Å². The van der Waals surface area contributed by atoms with Gasteiger partial charge in [0.05, 0.1) is 0 Å². The Kier molecular flexibility index (Phi) is 3.42. The van der Waals surface area contributed by atoms with E-state index in [1.807, 2.05) is 13.8 Å². The first-order valence-corrected chi connectivity index (χ1v) is 6.96. The van der Waals surface area contributed by atoms with E-state index in [9.17, 15) is 13.2 Å². The van der Waals surface area contributed by atoms with Crippen LogP contribution in [0.5, 0.6) is 0 Å². The van der Waals surface area contributed by atoms with E-state index in [0.29, 0.717) is 0 Å². The zero-order chi connectivity index (χ0) is 10.9. The highest BCUT2D eigenvalue weighted by atomic mass is 35.7. The molecular formula is C8H14ClNO3S. The molecule has 1 heterocycles. The first-order valence-electron chi connectivity index (χ1n) is 4.59. The summed E-state index contributed by atoms with van der Waals surface area (Å²) in [5.74, 6) is -0.117. The van der Waals surface area contributed by atoms with Crippen LogP contribution in [0.3, 0.4) is 0 Å². The van der Waals surface area contributed by atoms with Gasteiger partial charge in [-0.2, -0.15) is 0 Å². The van der Waals surface area contributed by atoms with Gasteiger partial charge in [0.2, 0.25) is 15.0 Å². The molecule has 0 spiro atoms. The van der Waals surface area contributed by atoms with Crippen molar-refractivity contribution in [1.29, 1.82) is 0 Å². The first-order chi connectivity index (χ1) is 6.36.